The van der Waals surface area contributed by atoms with Crippen molar-refractivity contribution < 1.29 is 52.9 Å². The third kappa shape index (κ3) is 10.4. The molecule has 1 aromatic heterocycles. The fraction of sp³-hybridized carbons (Fsp3) is 0.514. The minimum Gasteiger partial charge on any atom is -0.619 e. The van der Waals surface area contributed by atoms with Gasteiger partial charge in [-0.15, -0.1) is 0 Å². The number of ether oxygens (including phenoxy) is 2. The summed E-state index contributed by atoms with van der Waals surface area (Å²) in [5, 5.41) is 65.6. The first-order valence-corrected chi connectivity index (χ1v) is 19.9. The van der Waals surface area contributed by atoms with Crippen molar-refractivity contribution in [1.82, 2.24) is 14.9 Å². The van der Waals surface area contributed by atoms with Crippen LogP contribution in [0.3, 0.4) is 0 Å². The zero-order valence-corrected chi connectivity index (χ0v) is 31.6. The molecule has 0 radical (unpaired) electrons. The van der Waals surface area contributed by atoms with Gasteiger partial charge in [-0.1, -0.05) is 36.7 Å². The standard InChI is InChI=1S/C37H49ClN4O11S/c1-2-42(17-6-5-16-39-36(48)40-20-31(44)34(46)35(47)32(45)22-43)54(50,51)26-11-12-30(38)24(19-26)23-52-37(14-15-37)29-21-41(49)18-13-27(29)28-7-3-4-8-33(28)53-25-9-10-25/h3-4,7-8,11-13,18-19,21,25,31-32,34-35,43-47H,2,5-6,9-10,14-17,20,22-23H2,1H3,(H2,39,40,48)/t31-,32+,34+,35+/m0/s1. The van der Waals surface area contributed by atoms with Gasteiger partial charge in [-0.2, -0.15) is 9.04 Å². The number of hydrogen-bond acceptors (Lipinski definition) is 11. The maximum atomic E-state index is 13.7. The van der Waals surface area contributed by atoms with Gasteiger partial charge in [0.05, 0.1) is 35.9 Å². The highest BCUT2D eigenvalue weighted by atomic mass is 35.5. The summed E-state index contributed by atoms with van der Waals surface area (Å²) in [6, 6.07) is 13.3. The number of aromatic nitrogens is 1. The second kappa shape index (κ2) is 18.4. The van der Waals surface area contributed by atoms with Gasteiger partial charge in [-0.3, -0.25) is 0 Å². The number of aliphatic hydroxyl groups excluding tert-OH is 5. The van der Waals surface area contributed by atoms with E-state index in [1.165, 1.54) is 34.9 Å². The number of rotatable bonds is 21. The largest absolute Gasteiger partial charge is 0.619 e. The predicted octanol–water partition coefficient (Wildman–Crippen LogP) is 1.91. The molecule has 15 nitrogen and oxygen atoms in total. The van der Waals surface area contributed by atoms with Gasteiger partial charge < -0.3 is 50.8 Å². The van der Waals surface area contributed by atoms with Crippen LogP contribution in [0, 0.1) is 5.21 Å². The summed E-state index contributed by atoms with van der Waals surface area (Å²) in [7, 11) is -3.93. The van der Waals surface area contributed by atoms with Crippen molar-refractivity contribution in [3.63, 3.8) is 0 Å². The van der Waals surface area contributed by atoms with Crippen molar-refractivity contribution >= 4 is 27.7 Å². The lowest BCUT2D eigenvalue weighted by molar-refractivity contribution is -0.606. The number of unbranched alkanes of at least 4 members (excludes halogenated alkanes) is 1. The molecule has 2 fully saturated rings. The van der Waals surface area contributed by atoms with E-state index in [-0.39, 0.29) is 37.2 Å². The molecule has 2 aromatic carbocycles. The zero-order chi connectivity index (χ0) is 39.0. The van der Waals surface area contributed by atoms with E-state index in [0.717, 1.165) is 40.0 Å². The summed E-state index contributed by atoms with van der Waals surface area (Å²) in [4.78, 5) is 12.2. The molecule has 7 N–H and O–H groups in total. The maximum Gasteiger partial charge on any atom is 0.314 e. The van der Waals surface area contributed by atoms with E-state index >= 15 is 0 Å². The van der Waals surface area contributed by atoms with Crippen LogP contribution in [0.4, 0.5) is 4.79 Å². The van der Waals surface area contributed by atoms with Gasteiger partial charge in [-0.05, 0) is 68.4 Å². The van der Waals surface area contributed by atoms with E-state index in [2.05, 4.69) is 10.6 Å². The zero-order valence-electron chi connectivity index (χ0n) is 30.0. The number of amides is 2. The Labute approximate surface area is 319 Å². The van der Waals surface area contributed by atoms with Crippen LogP contribution in [0.2, 0.25) is 5.02 Å². The number of urea groups is 1. The lowest BCUT2D eigenvalue weighted by Crippen LogP contribution is -2.50. The lowest BCUT2D eigenvalue weighted by atomic mass is 9.96. The number of sulfonamides is 1. The van der Waals surface area contributed by atoms with Crippen LogP contribution in [-0.2, 0) is 27.0 Å². The molecule has 4 atom stereocenters. The normalized spacial score (nSPS) is 17.4. The molecule has 17 heteroatoms. The van der Waals surface area contributed by atoms with Gasteiger partial charge in [0.2, 0.25) is 10.0 Å². The molecule has 0 bridgehead atoms. The van der Waals surface area contributed by atoms with Crippen LogP contribution in [0.1, 0.15) is 56.6 Å². The van der Waals surface area contributed by atoms with E-state index in [1.54, 1.807) is 13.0 Å². The van der Waals surface area contributed by atoms with Crippen molar-refractivity contribution in [3.05, 3.63) is 82.3 Å². The van der Waals surface area contributed by atoms with Crippen molar-refractivity contribution in [3.8, 4) is 16.9 Å². The van der Waals surface area contributed by atoms with Crippen molar-refractivity contribution in [2.75, 3.05) is 32.8 Å². The number of carbonyl (C=O) groups is 1. The van der Waals surface area contributed by atoms with E-state index in [9.17, 15) is 38.8 Å². The number of benzene rings is 2. The molecule has 5 rings (SSSR count). The fourth-order valence-electron chi connectivity index (χ4n) is 6.03. The molecule has 2 aliphatic carbocycles. The Balaban J connectivity index is 1.16. The minimum atomic E-state index is -3.93. The second-order valence-corrected chi connectivity index (χ2v) is 16.0. The third-order valence-electron chi connectivity index (χ3n) is 9.55. The topological polar surface area (TPSA) is 225 Å². The van der Waals surface area contributed by atoms with Crippen molar-refractivity contribution in [2.24, 2.45) is 0 Å². The molecule has 296 valence electrons. The number of aliphatic hydroxyl groups is 5. The first-order chi connectivity index (χ1) is 25.8. The minimum absolute atomic E-state index is 0.0106. The highest BCUT2D eigenvalue weighted by molar-refractivity contribution is 7.89. The van der Waals surface area contributed by atoms with Gasteiger partial charge >= 0.3 is 6.03 Å². The molecule has 1 heterocycles. The van der Waals surface area contributed by atoms with Crippen LogP contribution >= 0.6 is 11.6 Å². The van der Waals surface area contributed by atoms with Crippen LogP contribution in [0.15, 0.2) is 65.8 Å². The van der Waals surface area contributed by atoms with Gasteiger partial charge in [0.1, 0.15) is 29.7 Å². The maximum absolute atomic E-state index is 13.7. The summed E-state index contributed by atoms with van der Waals surface area (Å²) in [6.07, 6.45) is 0.472. The summed E-state index contributed by atoms with van der Waals surface area (Å²) in [5.74, 6) is 0.744. The molecule has 0 spiro atoms. The number of nitrogens with zero attached hydrogens (tertiary/aromatic N) is 2. The monoisotopic (exact) mass is 792 g/mol. The molecular weight excluding hydrogens is 744 g/mol. The second-order valence-electron chi connectivity index (χ2n) is 13.6. The fourth-order valence-corrected chi connectivity index (χ4v) is 7.74. The number of halogens is 1. The summed E-state index contributed by atoms with van der Waals surface area (Å²) < 4.78 is 42.2. The highest BCUT2D eigenvalue weighted by Gasteiger charge is 2.49. The van der Waals surface area contributed by atoms with Crippen molar-refractivity contribution in [1.29, 1.82) is 0 Å². The van der Waals surface area contributed by atoms with E-state index in [1.807, 2.05) is 24.3 Å². The Morgan fingerprint density at radius 1 is 1.04 bits per heavy atom. The lowest BCUT2D eigenvalue weighted by Gasteiger charge is -2.25. The molecule has 54 heavy (non-hydrogen) atoms. The summed E-state index contributed by atoms with van der Waals surface area (Å²) in [5.41, 5.74) is 2.14. The first kappa shape index (κ1) is 41.6. The number of para-hydroxylation sites is 1. The number of pyridine rings is 1. The van der Waals surface area contributed by atoms with Crippen LogP contribution < -0.4 is 20.1 Å². The Kier molecular flexibility index (Phi) is 14.1. The molecular formula is C37H49ClN4O11S. The molecule has 0 saturated heterocycles. The number of hydrogen-bond donors (Lipinski definition) is 7. The van der Waals surface area contributed by atoms with Crippen LogP contribution in [0.5, 0.6) is 5.75 Å². The highest BCUT2D eigenvalue weighted by Crippen LogP contribution is 2.53. The van der Waals surface area contributed by atoms with Crippen molar-refractivity contribution in [2.45, 2.75) is 93.1 Å². The van der Waals surface area contributed by atoms with E-state index < -0.39 is 59.2 Å². The SMILES string of the molecule is CCN(CCCCNC(=O)NC[C@H](O)[C@@H](O)[C@H](O)[C@H](O)CO)S(=O)(=O)c1ccc(Cl)c(COC2(c3c[n+]([O-])ccc3-c3ccccc3OC3CC3)CC2)c1. The summed E-state index contributed by atoms with van der Waals surface area (Å²) in [6.45, 7) is 1.04. The van der Waals surface area contributed by atoms with Gasteiger partial charge in [-0.25, -0.2) is 13.2 Å². The van der Waals surface area contributed by atoms with Gasteiger partial charge in [0, 0.05) is 48.4 Å². The Morgan fingerprint density at radius 2 is 1.76 bits per heavy atom. The average Bonchev–Trinajstić information content (AvgIpc) is 4.11. The van der Waals surface area contributed by atoms with Gasteiger partial charge in [0.15, 0.2) is 12.4 Å². The van der Waals surface area contributed by atoms with E-state index in [0.29, 0.717) is 36.3 Å². The quantitative estimate of drug-likeness (QED) is 0.0469. The Bertz CT molecular complexity index is 1840. The Morgan fingerprint density at radius 3 is 2.44 bits per heavy atom. The smallest absolute Gasteiger partial charge is 0.314 e. The predicted molar refractivity (Wildman–Crippen MR) is 198 cm³/mol. The summed E-state index contributed by atoms with van der Waals surface area (Å²) >= 11 is 6.56. The molecule has 2 aliphatic rings. The third-order valence-corrected chi connectivity index (χ3v) is 11.9. The van der Waals surface area contributed by atoms with Gasteiger partial charge in [0.25, 0.3) is 0 Å². The average molecular weight is 793 g/mol. The molecule has 0 aliphatic heterocycles. The number of carbonyl (C=O) groups excluding carboxylic acids is 1. The van der Waals surface area contributed by atoms with E-state index in [4.69, 9.17) is 26.2 Å². The molecule has 2 saturated carbocycles. The molecule has 2 amide bonds. The molecule has 0 unspecified atom stereocenters. The van der Waals surface area contributed by atoms with Crippen LogP contribution in [-0.4, -0.2) is 108 Å². The first-order valence-electron chi connectivity index (χ1n) is 18.1. The number of nitrogens with one attached hydrogen (secondary N) is 2. The Hall–Kier alpha value is -3.58. The molecule has 3 aromatic rings. The van der Waals surface area contributed by atoms with Crippen LogP contribution in [0.25, 0.3) is 11.1 Å².